The van der Waals surface area contributed by atoms with Gasteiger partial charge in [0.25, 0.3) is 5.91 Å². The van der Waals surface area contributed by atoms with Crippen LogP contribution in [-0.2, 0) is 4.79 Å². The number of carbonyl (C=O) groups is 1. The van der Waals surface area contributed by atoms with Crippen LogP contribution in [0.5, 0.6) is 0 Å². The van der Waals surface area contributed by atoms with E-state index in [1.807, 2.05) is 24.3 Å². The number of benzene rings is 1. The minimum absolute atomic E-state index is 0.000897. The highest BCUT2D eigenvalue weighted by molar-refractivity contribution is 9.10. The van der Waals surface area contributed by atoms with Gasteiger partial charge in [0.05, 0.1) is 11.8 Å². The smallest absolute Gasteiger partial charge is 0.283 e. The van der Waals surface area contributed by atoms with Gasteiger partial charge in [0.15, 0.2) is 16.6 Å². The topological polar surface area (TPSA) is 82.0 Å². The third kappa shape index (κ3) is 2.63. The molecule has 1 N–H and O–H groups in total. The van der Waals surface area contributed by atoms with Gasteiger partial charge in [0, 0.05) is 4.47 Å². The van der Waals surface area contributed by atoms with Crippen molar-refractivity contribution >= 4 is 55.7 Å². The van der Waals surface area contributed by atoms with Gasteiger partial charge in [-0.1, -0.05) is 28.1 Å². The SMILES string of the molecule is N=C1/C(=C/c2cccc(Br)c2)C(=O)N=C2SC(c3ccco3)=NN12. The molecule has 8 heteroatoms. The van der Waals surface area contributed by atoms with Crippen LogP contribution in [-0.4, -0.2) is 27.0 Å². The number of fused-ring (bicyclic) bond motifs is 1. The second-order valence-corrected chi connectivity index (χ2v) is 6.83. The maximum absolute atomic E-state index is 12.3. The monoisotopic (exact) mass is 400 g/mol. The van der Waals surface area contributed by atoms with Gasteiger partial charge in [-0.15, -0.1) is 0 Å². The van der Waals surface area contributed by atoms with Crippen molar-refractivity contribution in [2.24, 2.45) is 10.1 Å². The number of nitrogens with zero attached hydrogens (tertiary/aromatic N) is 3. The van der Waals surface area contributed by atoms with Crippen molar-refractivity contribution in [3.8, 4) is 0 Å². The number of halogens is 1. The maximum Gasteiger partial charge on any atom is 0.283 e. The van der Waals surface area contributed by atoms with Crippen molar-refractivity contribution in [3.63, 3.8) is 0 Å². The lowest BCUT2D eigenvalue weighted by Crippen LogP contribution is -2.35. The summed E-state index contributed by atoms with van der Waals surface area (Å²) >= 11 is 4.60. The fourth-order valence-electron chi connectivity index (χ4n) is 2.25. The molecule has 1 aromatic carbocycles. The first-order valence-corrected chi connectivity index (χ1v) is 8.52. The van der Waals surface area contributed by atoms with E-state index >= 15 is 0 Å². The first kappa shape index (κ1) is 15.1. The summed E-state index contributed by atoms with van der Waals surface area (Å²) in [5, 5.41) is 14.9. The number of thioether (sulfide) groups is 1. The van der Waals surface area contributed by atoms with Gasteiger partial charge in [0.1, 0.15) is 0 Å². The Kier molecular flexibility index (Phi) is 3.70. The second-order valence-electron chi connectivity index (χ2n) is 4.96. The molecule has 24 heavy (non-hydrogen) atoms. The van der Waals surface area contributed by atoms with E-state index in [1.165, 1.54) is 16.8 Å². The highest BCUT2D eigenvalue weighted by Gasteiger charge is 2.36. The first-order chi connectivity index (χ1) is 11.6. The third-order valence-corrected chi connectivity index (χ3v) is 4.76. The Morgan fingerprint density at radius 3 is 2.92 bits per heavy atom. The number of rotatable bonds is 2. The van der Waals surface area contributed by atoms with Crippen LogP contribution < -0.4 is 0 Å². The van der Waals surface area contributed by atoms with Gasteiger partial charge >= 0.3 is 0 Å². The highest BCUT2D eigenvalue weighted by atomic mass is 79.9. The van der Waals surface area contributed by atoms with Crippen LogP contribution in [0.4, 0.5) is 0 Å². The highest BCUT2D eigenvalue weighted by Crippen LogP contribution is 2.31. The van der Waals surface area contributed by atoms with E-state index in [1.54, 1.807) is 24.5 Å². The molecule has 6 nitrogen and oxygen atoms in total. The summed E-state index contributed by atoms with van der Waals surface area (Å²) < 4.78 is 6.21. The lowest BCUT2D eigenvalue weighted by Gasteiger charge is -2.20. The molecule has 0 radical (unpaired) electrons. The summed E-state index contributed by atoms with van der Waals surface area (Å²) in [6.45, 7) is 0. The Morgan fingerprint density at radius 1 is 1.29 bits per heavy atom. The molecule has 0 bridgehead atoms. The molecule has 0 spiro atoms. The molecule has 1 amide bonds. The lowest BCUT2D eigenvalue weighted by atomic mass is 10.1. The largest absolute Gasteiger partial charge is 0.462 e. The Balaban J connectivity index is 1.71. The van der Waals surface area contributed by atoms with E-state index in [4.69, 9.17) is 9.83 Å². The van der Waals surface area contributed by atoms with Gasteiger partial charge < -0.3 is 4.42 Å². The molecule has 0 saturated carbocycles. The van der Waals surface area contributed by atoms with E-state index in [9.17, 15) is 4.79 Å². The Morgan fingerprint density at radius 2 is 2.17 bits per heavy atom. The number of hydrogen-bond donors (Lipinski definition) is 1. The second kappa shape index (κ2) is 5.88. The number of hydrogen-bond acceptors (Lipinski definition) is 5. The van der Waals surface area contributed by atoms with Crippen molar-refractivity contribution in [3.05, 3.63) is 64.0 Å². The van der Waals surface area contributed by atoms with Gasteiger partial charge in [-0.2, -0.15) is 15.1 Å². The van der Waals surface area contributed by atoms with Crippen LogP contribution >= 0.6 is 27.7 Å². The minimum atomic E-state index is -0.449. The average molecular weight is 401 g/mol. The Labute approximate surface area is 149 Å². The average Bonchev–Trinajstić information content (AvgIpc) is 3.20. The molecule has 0 unspecified atom stereocenters. The van der Waals surface area contributed by atoms with E-state index < -0.39 is 5.91 Å². The fourth-order valence-corrected chi connectivity index (χ4v) is 3.53. The van der Waals surface area contributed by atoms with Crippen LogP contribution in [0, 0.1) is 5.41 Å². The number of amides is 1. The van der Waals surface area contributed by atoms with Gasteiger partial charge in [-0.25, -0.2) is 0 Å². The first-order valence-electron chi connectivity index (χ1n) is 6.91. The predicted octanol–water partition coefficient (Wildman–Crippen LogP) is 3.71. The van der Waals surface area contributed by atoms with Gasteiger partial charge in [-0.3, -0.25) is 10.2 Å². The van der Waals surface area contributed by atoms with E-state index in [0.29, 0.717) is 16.0 Å². The summed E-state index contributed by atoms with van der Waals surface area (Å²) in [6, 6.07) is 11.0. The summed E-state index contributed by atoms with van der Waals surface area (Å²) in [4.78, 5) is 16.4. The molecule has 0 aliphatic carbocycles. The number of nitrogens with one attached hydrogen (secondary N) is 1. The van der Waals surface area contributed by atoms with Crippen LogP contribution in [0.3, 0.4) is 0 Å². The van der Waals surface area contributed by atoms with Crippen LogP contribution in [0.2, 0.25) is 0 Å². The van der Waals surface area contributed by atoms with Crippen LogP contribution in [0.25, 0.3) is 6.08 Å². The molecule has 0 fully saturated rings. The molecule has 3 heterocycles. The summed E-state index contributed by atoms with van der Waals surface area (Å²) in [7, 11) is 0. The molecular formula is C16H9BrN4O2S. The molecule has 2 aromatic rings. The molecule has 1 aromatic heterocycles. The fraction of sp³-hybridized carbons (Fsp3) is 0. The quantitative estimate of drug-likeness (QED) is 0.778. The van der Waals surface area contributed by atoms with Crippen molar-refractivity contribution in [2.45, 2.75) is 0 Å². The van der Waals surface area contributed by atoms with Crippen molar-refractivity contribution < 1.29 is 9.21 Å². The summed E-state index contributed by atoms with van der Waals surface area (Å²) in [5.74, 6) is 0.128. The molecule has 0 atom stereocenters. The number of carbonyl (C=O) groups excluding carboxylic acids is 1. The van der Waals surface area contributed by atoms with Crippen LogP contribution in [0.1, 0.15) is 11.3 Å². The minimum Gasteiger partial charge on any atom is -0.462 e. The summed E-state index contributed by atoms with van der Waals surface area (Å²) in [5.41, 5.74) is 1.00. The molecule has 0 saturated heterocycles. The Hall–Kier alpha value is -2.45. The zero-order chi connectivity index (χ0) is 16.7. The Bertz CT molecular complexity index is 947. The maximum atomic E-state index is 12.3. The standard InChI is InChI=1S/C16H9BrN4O2S/c17-10-4-1-3-9(7-10)8-11-13(18)21-16(19-14(11)22)24-15(20-21)12-5-2-6-23-12/h1-8,18H/b11-8-,18-13?. The van der Waals surface area contributed by atoms with E-state index in [2.05, 4.69) is 26.0 Å². The van der Waals surface area contributed by atoms with E-state index in [-0.39, 0.29) is 11.4 Å². The number of aliphatic imine (C=N–C) groups is 1. The van der Waals surface area contributed by atoms with Crippen LogP contribution in [0.15, 0.2) is 67.2 Å². The molecule has 118 valence electrons. The van der Waals surface area contributed by atoms with E-state index in [0.717, 1.165) is 10.0 Å². The molecular weight excluding hydrogens is 392 g/mol. The van der Waals surface area contributed by atoms with Crippen molar-refractivity contribution in [1.29, 1.82) is 5.41 Å². The molecule has 2 aliphatic heterocycles. The number of hydrazone groups is 1. The zero-order valence-corrected chi connectivity index (χ0v) is 14.5. The normalized spacial score (nSPS) is 18.7. The number of amidine groups is 2. The number of furan rings is 1. The van der Waals surface area contributed by atoms with Gasteiger partial charge in [0.2, 0.25) is 5.17 Å². The zero-order valence-electron chi connectivity index (χ0n) is 12.1. The predicted molar refractivity (Wildman–Crippen MR) is 97.0 cm³/mol. The molecule has 4 rings (SSSR count). The van der Waals surface area contributed by atoms with Crippen molar-refractivity contribution in [2.75, 3.05) is 0 Å². The molecule has 2 aliphatic rings. The lowest BCUT2D eigenvalue weighted by molar-refractivity contribution is -0.114. The van der Waals surface area contributed by atoms with Gasteiger partial charge in [-0.05, 0) is 47.7 Å². The summed E-state index contributed by atoms with van der Waals surface area (Å²) in [6.07, 6.45) is 3.19. The van der Waals surface area contributed by atoms with Crippen molar-refractivity contribution in [1.82, 2.24) is 5.01 Å². The third-order valence-electron chi connectivity index (χ3n) is 3.35.